The van der Waals surface area contributed by atoms with E-state index in [1.807, 2.05) is 31.2 Å². The van der Waals surface area contributed by atoms with Gasteiger partial charge < -0.3 is 4.74 Å². The summed E-state index contributed by atoms with van der Waals surface area (Å²) in [7, 11) is 0. The zero-order valence-electron chi connectivity index (χ0n) is 10.3. The Hall–Kier alpha value is -1.32. The lowest BCUT2D eigenvalue weighted by molar-refractivity contribution is 0.0921. The van der Waals surface area contributed by atoms with Crippen molar-refractivity contribution in [2.45, 2.75) is 6.92 Å². The normalized spacial score (nSPS) is 10.3. The first-order chi connectivity index (χ1) is 9.08. The molecule has 0 aliphatic carbocycles. The fraction of sp³-hybridized carbons (Fsp3) is 0.133. The molecule has 0 bridgehead atoms. The second-order valence-electron chi connectivity index (χ2n) is 4.10. The molecule has 4 heteroatoms. The maximum atomic E-state index is 12.1. The molecule has 0 aromatic heterocycles. The third-order valence-electron chi connectivity index (χ3n) is 2.70. The van der Waals surface area contributed by atoms with E-state index in [0.29, 0.717) is 16.3 Å². The van der Waals surface area contributed by atoms with Gasteiger partial charge in [-0.15, -0.1) is 0 Å². The molecular weight excluding hydrogens is 328 g/mol. The first-order valence-corrected chi connectivity index (χ1v) is 6.91. The summed E-state index contributed by atoms with van der Waals surface area (Å²) in [6.07, 6.45) is 0. The number of carbonyl (C=O) groups excluding carboxylic acids is 1. The lowest BCUT2D eigenvalue weighted by Crippen LogP contribution is -2.13. The predicted molar refractivity (Wildman–Crippen MR) is 80.2 cm³/mol. The molecular formula is C15H12BrClO2. The molecule has 2 rings (SSSR count). The van der Waals surface area contributed by atoms with E-state index in [-0.39, 0.29) is 12.4 Å². The maximum absolute atomic E-state index is 12.1. The topological polar surface area (TPSA) is 26.3 Å². The predicted octanol–water partition coefficient (Wildman–Crippen LogP) is 4.67. The monoisotopic (exact) mass is 338 g/mol. The van der Waals surface area contributed by atoms with E-state index in [0.717, 1.165) is 10.0 Å². The van der Waals surface area contributed by atoms with Gasteiger partial charge in [0.1, 0.15) is 5.75 Å². The van der Waals surface area contributed by atoms with Crippen LogP contribution in [0.2, 0.25) is 5.02 Å². The van der Waals surface area contributed by atoms with Gasteiger partial charge in [-0.25, -0.2) is 0 Å². The van der Waals surface area contributed by atoms with Gasteiger partial charge in [0.15, 0.2) is 12.4 Å². The van der Waals surface area contributed by atoms with Crippen LogP contribution in [0, 0.1) is 6.92 Å². The molecule has 0 unspecified atom stereocenters. The highest BCUT2D eigenvalue weighted by atomic mass is 79.9. The van der Waals surface area contributed by atoms with E-state index in [4.69, 9.17) is 16.3 Å². The molecule has 0 N–H and O–H groups in total. The molecule has 0 saturated heterocycles. The summed E-state index contributed by atoms with van der Waals surface area (Å²) in [6, 6.07) is 12.7. The van der Waals surface area contributed by atoms with Crippen LogP contribution in [0.25, 0.3) is 0 Å². The molecule has 19 heavy (non-hydrogen) atoms. The average Bonchev–Trinajstić information content (AvgIpc) is 2.40. The van der Waals surface area contributed by atoms with Crippen LogP contribution < -0.4 is 4.74 Å². The van der Waals surface area contributed by atoms with Crippen LogP contribution >= 0.6 is 27.5 Å². The molecule has 0 spiro atoms. The molecule has 0 heterocycles. The Morgan fingerprint density at radius 1 is 1.26 bits per heavy atom. The number of ketones is 1. The SMILES string of the molecule is Cc1ccccc1C(=O)COc1cc(Br)ccc1Cl. The van der Waals surface area contributed by atoms with E-state index in [9.17, 15) is 4.79 Å². The van der Waals surface area contributed by atoms with Crippen LogP contribution in [0.3, 0.4) is 0 Å². The molecule has 2 nitrogen and oxygen atoms in total. The van der Waals surface area contributed by atoms with E-state index < -0.39 is 0 Å². The van der Waals surface area contributed by atoms with Crippen molar-refractivity contribution in [3.05, 3.63) is 63.1 Å². The summed E-state index contributed by atoms with van der Waals surface area (Å²) < 4.78 is 6.33. The molecule has 2 aromatic carbocycles. The zero-order chi connectivity index (χ0) is 13.8. The molecule has 0 amide bonds. The van der Waals surface area contributed by atoms with Crippen LogP contribution in [-0.2, 0) is 0 Å². The second kappa shape index (κ2) is 6.22. The van der Waals surface area contributed by atoms with Crippen molar-refractivity contribution in [2.24, 2.45) is 0 Å². The maximum Gasteiger partial charge on any atom is 0.200 e. The zero-order valence-corrected chi connectivity index (χ0v) is 12.7. The summed E-state index contributed by atoms with van der Waals surface area (Å²) in [4.78, 5) is 12.1. The minimum atomic E-state index is -0.0610. The van der Waals surface area contributed by atoms with Gasteiger partial charge in [-0.1, -0.05) is 51.8 Å². The smallest absolute Gasteiger partial charge is 0.200 e. The lowest BCUT2D eigenvalue weighted by Gasteiger charge is -2.09. The third-order valence-corrected chi connectivity index (χ3v) is 3.50. The van der Waals surface area contributed by atoms with Crippen LogP contribution in [0.1, 0.15) is 15.9 Å². The number of hydrogen-bond acceptors (Lipinski definition) is 2. The first-order valence-electron chi connectivity index (χ1n) is 5.74. The Morgan fingerprint density at radius 3 is 2.74 bits per heavy atom. The summed E-state index contributed by atoms with van der Waals surface area (Å²) in [5.41, 5.74) is 1.62. The fourth-order valence-corrected chi connectivity index (χ4v) is 2.21. The van der Waals surface area contributed by atoms with Crippen molar-refractivity contribution in [1.82, 2.24) is 0 Å². The highest BCUT2D eigenvalue weighted by Gasteiger charge is 2.10. The summed E-state index contributed by atoms with van der Waals surface area (Å²) in [5.74, 6) is 0.437. The van der Waals surface area contributed by atoms with Gasteiger partial charge in [0.2, 0.25) is 0 Å². The van der Waals surface area contributed by atoms with E-state index in [1.165, 1.54) is 0 Å². The highest BCUT2D eigenvalue weighted by molar-refractivity contribution is 9.10. The standard InChI is InChI=1S/C15H12BrClO2/c1-10-4-2-3-5-12(10)14(18)9-19-15-8-11(16)6-7-13(15)17/h2-8H,9H2,1H3. The molecule has 0 saturated carbocycles. The fourth-order valence-electron chi connectivity index (χ4n) is 1.69. The third kappa shape index (κ3) is 3.58. The number of rotatable bonds is 4. The summed E-state index contributed by atoms with van der Waals surface area (Å²) >= 11 is 9.34. The van der Waals surface area contributed by atoms with E-state index >= 15 is 0 Å². The van der Waals surface area contributed by atoms with Crippen molar-refractivity contribution < 1.29 is 9.53 Å². The van der Waals surface area contributed by atoms with Crippen molar-refractivity contribution in [2.75, 3.05) is 6.61 Å². The van der Waals surface area contributed by atoms with Crippen molar-refractivity contribution in [3.63, 3.8) is 0 Å². The van der Waals surface area contributed by atoms with Gasteiger partial charge in [-0.3, -0.25) is 4.79 Å². The van der Waals surface area contributed by atoms with E-state index in [2.05, 4.69) is 15.9 Å². The molecule has 98 valence electrons. The van der Waals surface area contributed by atoms with Gasteiger partial charge in [-0.05, 0) is 30.7 Å². The number of ether oxygens (including phenoxy) is 1. The number of Topliss-reactive ketones (excluding diaryl/α,β-unsaturated/α-hetero) is 1. The van der Waals surface area contributed by atoms with Gasteiger partial charge >= 0.3 is 0 Å². The Kier molecular flexibility index (Phi) is 4.61. The minimum Gasteiger partial charge on any atom is -0.484 e. The molecule has 0 fully saturated rings. The Bertz CT molecular complexity index is 611. The minimum absolute atomic E-state index is 0.0268. The van der Waals surface area contributed by atoms with Crippen LogP contribution in [0.15, 0.2) is 46.9 Å². The second-order valence-corrected chi connectivity index (χ2v) is 5.42. The quantitative estimate of drug-likeness (QED) is 0.757. The average molecular weight is 340 g/mol. The highest BCUT2D eigenvalue weighted by Crippen LogP contribution is 2.28. The van der Waals surface area contributed by atoms with Crippen LogP contribution in [-0.4, -0.2) is 12.4 Å². The van der Waals surface area contributed by atoms with Crippen molar-refractivity contribution in [3.8, 4) is 5.75 Å². The van der Waals surface area contributed by atoms with Crippen molar-refractivity contribution >= 4 is 33.3 Å². The number of hydrogen-bond donors (Lipinski definition) is 0. The van der Waals surface area contributed by atoms with Gasteiger partial charge in [0.25, 0.3) is 0 Å². The van der Waals surface area contributed by atoms with Crippen molar-refractivity contribution in [1.29, 1.82) is 0 Å². The Labute approximate surface area is 125 Å². The summed E-state index contributed by atoms with van der Waals surface area (Å²) in [6.45, 7) is 1.88. The van der Waals surface area contributed by atoms with Crippen LogP contribution in [0.4, 0.5) is 0 Å². The number of halogens is 2. The number of carbonyl (C=O) groups is 1. The Balaban J connectivity index is 2.09. The molecule has 0 radical (unpaired) electrons. The Morgan fingerprint density at radius 2 is 2.00 bits per heavy atom. The van der Waals surface area contributed by atoms with E-state index in [1.54, 1.807) is 18.2 Å². The lowest BCUT2D eigenvalue weighted by atomic mass is 10.1. The molecule has 2 aromatic rings. The molecule has 0 atom stereocenters. The number of aryl methyl sites for hydroxylation is 1. The first kappa shape index (κ1) is 14.1. The van der Waals surface area contributed by atoms with Gasteiger partial charge in [-0.2, -0.15) is 0 Å². The molecule has 0 aliphatic rings. The van der Waals surface area contributed by atoms with Gasteiger partial charge in [0.05, 0.1) is 5.02 Å². The molecule has 0 aliphatic heterocycles. The van der Waals surface area contributed by atoms with Gasteiger partial charge in [0, 0.05) is 10.0 Å². The largest absolute Gasteiger partial charge is 0.484 e. The summed E-state index contributed by atoms with van der Waals surface area (Å²) in [5, 5.41) is 0.487. The van der Waals surface area contributed by atoms with Crippen LogP contribution in [0.5, 0.6) is 5.75 Å². The number of benzene rings is 2.